The number of hydrogen-bond donors (Lipinski definition) is 2. The Labute approximate surface area is 178 Å². The molecule has 30 heavy (non-hydrogen) atoms. The van der Waals surface area contributed by atoms with Gasteiger partial charge in [0.25, 0.3) is 0 Å². The topological polar surface area (TPSA) is 87.7 Å². The largest absolute Gasteiger partial charge is 0.497 e. The highest BCUT2D eigenvalue weighted by Crippen LogP contribution is 2.27. The lowest BCUT2D eigenvalue weighted by Gasteiger charge is -2.34. The van der Waals surface area contributed by atoms with Gasteiger partial charge in [0.05, 0.1) is 12.0 Å². The summed E-state index contributed by atoms with van der Waals surface area (Å²) in [7, 11) is -1.95. The molecule has 1 saturated heterocycles. The van der Waals surface area contributed by atoms with Crippen LogP contribution in [0.3, 0.4) is 0 Å². The lowest BCUT2D eigenvalue weighted by Crippen LogP contribution is -2.45. The third-order valence-corrected chi connectivity index (χ3v) is 7.28. The number of anilines is 1. The van der Waals surface area contributed by atoms with Gasteiger partial charge in [0, 0.05) is 24.8 Å². The van der Waals surface area contributed by atoms with E-state index in [0.29, 0.717) is 35.8 Å². The zero-order valence-electron chi connectivity index (χ0n) is 17.4. The highest BCUT2D eigenvalue weighted by atomic mass is 32.2. The molecule has 0 radical (unpaired) electrons. The standard InChI is InChI=1S/C22H29N3O4S/c1-17-6-12-21(13-7-17)30(27,28)25-16-4-3-5-19(25)14-15-23-22(26)24-18-8-10-20(29-2)11-9-18/h6-13,19H,3-5,14-16H2,1-2H3,(H2,23,24,26). The van der Waals surface area contributed by atoms with E-state index >= 15 is 0 Å². The first-order valence-electron chi connectivity index (χ1n) is 10.2. The van der Waals surface area contributed by atoms with E-state index in [1.807, 2.05) is 19.1 Å². The zero-order valence-corrected chi connectivity index (χ0v) is 18.2. The Hall–Kier alpha value is -2.58. The van der Waals surface area contributed by atoms with Crippen LogP contribution in [0, 0.1) is 6.92 Å². The second-order valence-electron chi connectivity index (χ2n) is 7.48. The van der Waals surface area contributed by atoms with Crippen molar-refractivity contribution in [3.63, 3.8) is 0 Å². The van der Waals surface area contributed by atoms with Crippen molar-refractivity contribution < 1.29 is 17.9 Å². The minimum atomic E-state index is -3.54. The van der Waals surface area contributed by atoms with Gasteiger partial charge in [-0.1, -0.05) is 24.1 Å². The van der Waals surface area contributed by atoms with Crippen LogP contribution < -0.4 is 15.4 Å². The summed E-state index contributed by atoms with van der Waals surface area (Å²) in [6.45, 7) is 2.84. The molecule has 0 aliphatic carbocycles. The van der Waals surface area contributed by atoms with E-state index in [4.69, 9.17) is 4.74 Å². The van der Waals surface area contributed by atoms with Crippen LogP contribution in [0.1, 0.15) is 31.2 Å². The van der Waals surface area contributed by atoms with Crippen LogP contribution in [-0.2, 0) is 10.0 Å². The van der Waals surface area contributed by atoms with Crippen LogP contribution in [0.5, 0.6) is 5.75 Å². The molecule has 1 unspecified atom stereocenters. The number of urea groups is 1. The number of methoxy groups -OCH3 is 1. The van der Waals surface area contributed by atoms with Crippen molar-refractivity contribution in [2.75, 3.05) is 25.5 Å². The number of amides is 2. The van der Waals surface area contributed by atoms with E-state index in [-0.39, 0.29) is 12.1 Å². The molecule has 2 N–H and O–H groups in total. The molecule has 1 atom stereocenters. The van der Waals surface area contributed by atoms with Gasteiger partial charge in [-0.05, 0) is 62.6 Å². The Morgan fingerprint density at radius 1 is 1.10 bits per heavy atom. The van der Waals surface area contributed by atoms with Gasteiger partial charge in [0.1, 0.15) is 5.75 Å². The zero-order chi connectivity index (χ0) is 21.6. The molecule has 7 nitrogen and oxygen atoms in total. The number of piperidine rings is 1. The number of sulfonamides is 1. The number of hydrogen-bond acceptors (Lipinski definition) is 4. The first kappa shape index (κ1) is 22.1. The third-order valence-electron chi connectivity index (χ3n) is 5.31. The summed E-state index contributed by atoms with van der Waals surface area (Å²) >= 11 is 0. The molecule has 2 aromatic rings. The highest BCUT2D eigenvalue weighted by molar-refractivity contribution is 7.89. The number of carbonyl (C=O) groups is 1. The number of carbonyl (C=O) groups excluding carboxylic acids is 1. The average Bonchev–Trinajstić information content (AvgIpc) is 2.75. The lowest BCUT2D eigenvalue weighted by atomic mass is 10.0. The van der Waals surface area contributed by atoms with Crippen LogP contribution in [0.15, 0.2) is 53.4 Å². The molecular weight excluding hydrogens is 402 g/mol. The summed E-state index contributed by atoms with van der Waals surface area (Å²) in [6, 6.07) is 13.6. The Morgan fingerprint density at radius 3 is 2.47 bits per heavy atom. The molecule has 0 saturated carbocycles. The van der Waals surface area contributed by atoms with E-state index < -0.39 is 10.0 Å². The average molecular weight is 432 g/mol. The van der Waals surface area contributed by atoms with Crippen LogP contribution >= 0.6 is 0 Å². The van der Waals surface area contributed by atoms with Gasteiger partial charge < -0.3 is 15.4 Å². The van der Waals surface area contributed by atoms with Gasteiger partial charge in [0.15, 0.2) is 0 Å². The second kappa shape index (κ2) is 9.95. The number of nitrogens with zero attached hydrogens (tertiary/aromatic N) is 1. The van der Waals surface area contributed by atoms with Crippen LogP contribution in [-0.4, -0.2) is 45.0 Å². The van der Waals surface area contributed by atoms with Crippen LogP contribution in [0.4, 0.5) is 10.5 Å². The molecule has 162 valence electrons. The summed E-state index contributed by atoms with van der Waals surface area (Å²) in [5, 5.41) is 5.59. The van der Waals surface area contributed by atoms with Gasteiger partial charge in [-0.2, -0.15) is 4.31 Å². The lowest BCUT2D eigenvalue weighted by molar-refractivity contribution is 0.234. The first-order chi connectivity index (χ1) is 14.4. The predicted molar refractivity (Wildman–Crippen MR) is 117 cm³/mol. The third kappa shape index (κ3) is 5.52. The SMILES string of the molecule is COc1ccc(NC(=O)NCCC2CCCCN2S(=O)(=O)c2ccc(C)cc2)cc1. The summed E-state index contributed by atoms with van der Waals surface area (Å²) in [5.41, 5.74) is 1.69. The fourth-order valence-corrected chi connectivity index (χ4v) is 5.35. The van der Waals surface area contributed by atoms with Gasteiger partial charge in [-0.25, -0.2) is 13.2 Å². The molecule has 1 fully saturated rings. The summed E-state index contributed by atoms with van der Waals surface area (Å²) in [5.74, 6) is 0.716. The Bertz CT molecular complexity index is 943. The van der Waals surface area contributed by atoms with Crippen molar-refractivity contribution in [2.45, 2.75) is 43.5 Å². The van der Waals surface area contributed by atoms with Gasteiger partial charge in [-0.3, -0.25) is 0 Å². The fourth-order valence-electron chi connectivity index (χ4n) is 3.63. The number of rotatable bonds is 7. The number of nitrogens with one attached hydrogen (secondary N) is 2. The van der Waals surface area contributed by atoms with Crippen molar-refractivity contribution in [1.82, 2.24) is 9.62 Å². The minimum absolute atomic E-state index is 0.119. The van der Waals surface area contributed by atoms with Gasteiger partial charge in [-0.15, -0.1) is 0 Å². The molecule has 1 heterocycles. The highest BCUT2D eigenvalue weighted by Gasteiger charge is 2.33. The summed E-state index contributed by atoms with van der Waals surface area (Å²) in [4.78, 5) is 12.5. The minimum Gasteiger partial charge on any atom is -0.497 e. The predicted octanol–water partition coefficient (Wildman–Crippen LogP) is 3.76. The van der Waals surface area contributed by atoms with E-state index in [2.05, 4.69) is 10.6 Å². The fraction of sp³-hybridized carbons (Fsp3) is 0.409. The molecule has 8 heteroatoms. The molecule has 1 aliphatic heterocycles. The number of ether oxygens (including phenoxy) is 1. The van der Waals surface area contributed by atoms with Gasteiger partial charge in [0.2, 0.25) is 10.0 Å². The number of benzene rings is 2. The van der Waals surface area contributed by atoms with Crippen LogP contribution in [0.2, 0.25) is 0 Å². The quantitative estimate of drug-likeness (QED) is 0.699. The Morgan fingerprint density at radius 2 is 1.80 bits per heavy atom. The van der Waals surface area contributed by atoms with Crippen LogP contribution in [0.25, 0.3) is 0 Å². The molecule has 0 spiro atoms. The van der Waals surface area contributed by atoms with Gasteiger partial charge >= 0.3 is 6.03 Å². The maximum Gasteiger partial charge on any atom is 0.319 e. The van der Waals surface area contributed by atoms with E-state index in [9.17, 15) is 13.2 Å². The maximum atomic E-state index is 13.1. The molecule has 2 amide bonds. The molecule has 0 aromatic heterocycles. The van der Waals surface area contributed by atoms with E-state index in [1.54, 1.807) is 47.8 Å². The van der Waals surface area contributed by atoms with E-state index in [0.717, 1.165) is 24.8 Å². The summed E-state index contributed by atoms with van der Waals surface area (Å²) in [6.07, 6.45) is 3.21. The van der Waals surface area contributed by atoms with E-state index in [1.165, 1.54) is 0 Å². The molecule has 0 bridgehead atoms. The molecular formula is C22H29N3O4S. The smallest absolute Gasteiger partial charge is 0.319 e. The van der Waals surface area contributed by atoms with Crippen molar-refractivity contribution in [1.29, 1.82) is 0 Å². The first-order valence-corrected chi connectivity index (χ1v) is 11.6. The molecule has 3 rings (SSSR count). The monoisotopic (exact) mass is 431 g/mol. The maximum absolute atomic E-state index is 13.1. The van der Waals surface area contributed by atoms with Crippen molar-refractivity contribution in [3.05, 3.63) is 54.1 Å². The van der Waals surface area contributed by atoms with Crippen molar-refractivity contribution in [3.8, 4) is 5.75 Å². The molecule has 1 aliphatic rings. The van der Waals surface area contributed by atoms with Crippen molar-refractivity contribution in [2.24, 2.45) is 0 Å². The summed E-state index contributed by atoms with van der Waals surface area (Å²) < 4.78 is 32.9. The second-order valence-corrected chi connectivity index (χ2v) is 9.37. The Balaban J connectivity index is 1.56. The number of aryl methyl sites for hydroxylation is 1. The molecule has 2 aromatic carbocycles. The normalized spacial score (nSPS) is 17.3. The van der Waals surface area contributed by atoms with Crippen molar-refractivity contribution >= 4 is 21.7 Å². The Kier molecular flexibility index (Phi) is 7.33.